The van der Waals surface area contributed by atoms with Gasteiger partial charge in [-0.1, -0.05) is 20.8 Å². The van der Waals surface area contributed by atoms with E-state index < -0.39 is 5.97 Å². The molecule has 4 fully saturated rings. The Morgan fingerprint density at radius 1 is 1.00 bits per heavy atom. The van der Waals surface area contributed by atoms with Crippen molar-refractivity contribution in [3.63, 3.8) is 0 Å². The first kappa shape index (κ1) is 19.7. The Balaban J connectivity index is 1.52. The standard InChI is InChI=1S/C24H40O3/c1-15(4-11-22(26)27)19-9-10-20-18-8-6-16-5-7-17(25)14-24(16,3)21(18)12-13-23(19,20)2/h15-21,25H,4-14H2,1-3H3,(H,26,27)/t15-,16-,17?,18+,19-,20+,21+,23-,24+/m1/s1. The average molecular weight is 377 g/mol. The van der Waals surface area contributed by atoms with Crippen LogP contribution >= 0.6 is 0 Å². The average Bonchev–Trinajstić information content (AvgIpc) is 2.96. The molecule has 0 heterocycles. The van der Waals surface area contributed by atoms with E-state index in [0.29, 0.717) is 29.1 Å². The Hall–Kier alpha value is -0.570. The van der Waals surface area contributed by atoms with Crippen LogP contribution in [-0.2, 0) is 4.79 Å². The third-order valence-electron chi connectivity index (χ3n) is 10.2. The molecule has 4 rings (SSSR count). The van der Waals surface area contributed by atoms with Gasteiger partial charge in [-0.05, 0) is 111 Å². The normalized spacial score (nSPS) is 50.4. The van der Waals surface area contributed by atoms with Crippen molar-refractivity contribution in [2.45, 2.75) is 97.5 Å². The molecular weight excluding hydrogens is 336 g/mol. The van der Waals surface area contributed by atoms with Crippen LogP contribution in [-0.4, -0.2) is 22.3 Å². The molecule has 0 amide bonds. The molecule has 0 aliphatic heterocycles. The number of aliphatic hydroxyl groups excluding tert-OH is 1. The maximum absolute atomic E-state index is 11.0. The predicted molar refractivity (Wildman–Crippen MR) is 107 cm³/mol. The van der Waals surface area contributed by atoms with E-state index in [1.807, 2.05) is 0 Å². The summed E-state index contributed by atoms with van der Waals surface area (Å²) in [6, 6.07) is 0. The van der Waals surface area contributed by atoms with E-state index >= 15 is 0 Å². The van der Waals surface area contributed by atoms with Gasteiger partial charge in [0.1, 0.15) is 0 Å². The Morgan fingerprint density at radius 3 is 2.44 bits per heavy atom. The van der Waals surface area contributed by atoms with Crippen LogP contribution < -0.4 is 0 Å². The number of hydrogen-bond acceptors (Lipinski definition) is 2. The van der Waals surface area contributed by atoms with Crippen molar-refractivity contribution >= 4 is 5.97 Å². The minimum Gasteiger partial charge on any atom is -0.481 e. The summed E-state index contributed by atoms with van der Waals surface area (Å²) in [4.78, 5) is 11.0. The van der Waals surface area contributed by atoms with Crippen LogP contribution in [0, 0.1) is 46.3 Å². The van der Waals surface area contributed by atoms with Crippen LogP contribution in [0.1, 0.15) is 91.4 Å². The number of hydrogen-bond donors (Lipinski definition) is 2. The molecule has 0 saturated heterocycles. The lowest BCUT2D eigenvalue weighted by atomic mass is 9.44. The molecule has 3 heteroatoms. The first-order valence-corrected chi connectivity index (χ1v) is 11.7. The van der Waals surface area contributed by atoms with Gasteiger partial charge in [0.2, 0.25) is 0 Å². The zero-order valence-electron chi connectivity index (χ0n) is 17.6. The van der Waals surface area contributed by atoms with E-state index in [-0.39, 0.29) is 6.10 Å². The summed E-state index contributed by atoms with van der Waals surface area (Å²) in [5.41, 5.74) is 0.768. The molecule has 154 valence electrons. The molecule has 9 atom stereocenters. The van der Waals surface area contributed by atoms with Crippen molar-refractivity contribution in [2.75, 3.05) is 0 Å². The molecule has 1 unspecified atom stereocenters. The summed E-state index contributed by atoms with van der Waals surface area (Å²) in [6.45, 7) is 7.37. The van der Waals surface area contributed by atoms with Crippen LogP contribution in [0.5, 0.6) is 0 Å². The first-order valence-electron chi connectivity index (χ1n) is 11.7. The van der Waals surface area contributed by atoms with Gasteiger partial charge in [-0.15, -0.1) is 0 Å². The van der Waals surface area contributed by atoms with Crippen LogP contribution in [0.3, 0.4) is 0 Å². The number of aliphatic hydroxyl groups is 1. The molecule has 0 aromatic rings. The van der Waals surface area contributed by atoms with Crippen molar-refractivity contribution in [3.05, 3.63) is 0 Å². The monoisotopic (exact) mass is 376 g/mol. The topological polar surface area (TPSA) is 57.5 Å². The summed E-state index contributed by atoms with van der Waals surface area (Å²) in [5, 5.41) is 19.5. The van der Waals surface area contributed by atoms with Gasteiger partial charge >= 0.3 is 5.97 Å². The van der Waals surface area contributed by atoms with Gasteiger partial charge in [0.15, 0.2) is 0 Å². The molecule has 2 N–H and O–H groups in total. The van der Waals surface area contributed by atoms with E-state index in [9.17, 15) is 9.90 Å². The highest BCUT2D eigenvalue weighted by molar-refractivity contribution is 5.66. The van der Waals surface area contributed by atoms with E-state index in [1.54, 1.807) is 0 Å². The van der Waals surface area contributed by atoms with Crippen molar-refractivity contribution in [3.8, 4) is 0 Å². The number of carbonyl (C=O) groups is 1. The third-order valence-corrected chi connectivity index (χ3v) is 10.2. The van der Waals surface area contributed by atoms with Crippen LogP contribution in [0.4, 0.5) is 0 Å². The highest BCUT2D eigenvalue weighted by Gasteiger charge is 2.60. The lowest BCUT2D eigenvalue weighted by molar-refractivity contribution is -0.138. The first-order chi connectivity index (χ1) is 12.8. The highest BCUT2D eigenvalue weighted by atomic mass is 16.4. The molecule has 27 heavy (non-hydrogen) atoms. The summed E-state index contributed by atoms with van der Waals surface area (Å²) < 4.78 is 0. The predicted octanol–water partition coefficient (Wildman–Crippen LogP) is 5.51. The lowest BCUT2D eigenvalue weighted by Gasteiger charge is -2.61. The number of carboxylic acid groups (broad SMARTS) is 1. The largest absolute Gasteiger partial charge is 0.481 e. The quantitative estimate of drug-likeness (QED) is 0.680. The minimum atomic E-state index is -0.646. The van der Waals surface area contributed by atoms with Gasteiger partial charge < -0.3 is 10.2 Å². The molecule has 0 bridgehead atoms. The zero-order chi connectivity index (χ0) is 19.4. The fourth-order valence-corrected chi connectivity index (χ4v) is 8.86. The second kappa shape index (κ2) is 7.04. The SMILES string of the molecule is C[C@H](CCC(=O)O)[C@H]1CC[C@H]2[C@@H]3CC[C@H]4CCC(O)C[C@]4(C)[C@H]3CC[C@]12C. The fourth-order valence-electron chi connectivity index (χ4n) is 8.86. The van der Waals surface area contributed by atoms with E-state index in [0.717, 1.165) is 42.9 Å². The van der Waals surface area contributed by atoms with Gasteiger partial charge in [0.25, 0.3) is 0 Å². The van der Waals surface area contributed by atoms with E-state index in [4.69, 9.17) is 5.11 Å². The summed E-state index contributed by atoms with van der Waals surface area (Å²) in [5.74, 6) is 3.88. The van der Waals surface area contributed by atoms with Gasteiger partial charge in [0.05, 0.1) is 6.10 Å². The molecule has 0 radical (unpaired) electrons. The van der Waals surface area contributed by atoms with Crippen LogP contribution in [0.2, 0.25) is 0 Å². The second-order valence-electron chi connectivity index (χ2n) is 11.2. The summed E-state index contributed by atoms with van der Waals surface area (Å²) >= 11 is 0. The number of fused-ring (bicyclic) bond motifs is 5. The summed E-state index contributed by atoms with van der Waals surface area (Å²) in [6.07, 6.45) is 12.4. The number of carboxylic acids is 1. The van der Waals surface area contributed by atoms with Gasteiger partial charge in [-0.2, -0.15) is 0 Å². The second-order valence-corrected chi connectivity index (χ2v) is 11.2. The molecule has 0 spiro atoms. The highest BCUT2D eigenvalue weighted by Crippen LogP contribution is 2.68. The number of rotatable bonds is 4. The maximum Gasteiger partial charge on any atom is 0.303 e. The maximum atomic E-state index is 11.0. The van der Waals surface area contributed by atoms with Crippen molar-refractivity contribution in [1.29, 1.82) is 0 Å². The molecule has 0 aromatic carbocycles. The van der Waals surface area contributed by atoms with Gasteiger partial charge in [-0.25, -0.2) is 0 Å². The van der Waals surface area contributed by atoms with Crippen LogP contribution in [0.25, 0.3) is 0 Å². The van der Waals surface area contributed by atoms with Crippen molar-refractivity contribution in [2.24, 2.45) is 46.3 Å². The number of aliphatic carboxylic acids is 1. The van der Waals surface area contributed by atoms with E-state index in [1.165, 1.54) is 44.9 Å². The van der Waals surface area contributed by atoms with Crippen molar-refractivity contribution in [1.82, 2.24) is 0 Å². The minimum absolute atomic E-state index is 0.0781. The molecule has 4 aliphatic rings. The lowest BCUT2D eigenvalue weighted by Crippen LogP contribution is -2.54. The molecule has 4 saturated carbocycles. The Kier molecular flexibility index (Phi) is 5.15. The molecule has 0 aromatic heterocycles. The van der Waals surface area contributed by atoms with Crippen molar-refractivity contribution < 1.29 is 15.0 Å². The summed E-state index contributed by atoms with van der Waals surface area (Å²) in [7, 11) is 0. The zero-order valence-corrected chi connectivity index (χ0v) is 17.6. The van der Waals surface area contributed by atoms with Gasteiger partial charge in [0, 0.05) is 6.42 Å². The molecule has 4 aliphatic carbocycles. The smallest absolute Gasteiger partial charge is 0.303 e. The Labute approximate surface area is 165 Å². The van der Waals surface area contributed by atoms with Crippen LogP contribution in [0.15, 0.2) is 0 Å². The Bertz CT molecular complexity index is 574. The molecule has 3 nitrogen and oxygen atoms in total. The Morgan fingerprint density at radius 2 is 1.70 bits per heavy atom. The van der Waals surface area contributed by atoms with Gasteiger partial charge in [-0.3, -0.25) is 4.79 Å². The molecular formula is C24H40O3. The van der Waals surface area contributed by atoms with E-state index in [2.05, 4.69) is 20.8 Å². The third kappa shape index (κ3) is 3.16. The fraction of sp³-hybridized carbons (Fsp3) is 0.958.